The lowest BCUT2D eigenvalue weighted by Crippen LogP contribution is -2.34. The molecule has 10 nitrogen and oxygen atoms in total. The van der Waals surface area contributed by atoms with Gasteiger partial charge in [-0.25, -0.2) is 4.68 Å². The number of H-pyrrole nitrogens is 1. The van der Waals surface area contributed by atoms with Gasteiger partial charge in [-0.15, -0.1) is 5.10 Å². The summed E-state index contributed by atoms with van der Waals surface area (Å²) in [5.74, 6) is 2.01. The number of nitrogens with zero attached hydrogens (tertiary/aromatic N) is 5. The number of carbonyl (C=O) groups is 1. The number of methoxy groups -OCH3 is 1. The van der Waals surface area contributed by atoms with E-state index in [0.717, 1.165) is 22.2 Å². The third kappa shape index (κ3) is 4.74. The van der Waals surface area contributed by atoms with Gasteiger partial charge in [0, 0.05) is 36.8 Å². The van der Waals surface area contributed by atoms with E-state index in [1.165, 1.54) is 0 Å². The molecular weight excluding hydrogens is 422 g/mol. The van der Waals surface area contributed by atoms with Crippen LogP contribution in [0.15, 0.2) is 42.6 Å². The van der Waals surface area contributed by atoms with Gasteiger partial charge in [-0.1, -0.05) is 0 Å². The van der Waals surface area contributed by atoms with Crippen molar-refractivity contribution in [3.63, 3.8) is 0 Å². The number of nitrogens with one attached hydrogen (secondary N) is 2. The van der Waals surface area contributed by atoms with Crippen LogP contribution in [-0.4, -0.2) is 57.7 Å². The molecule has 2 heterocycles. The average molecular weight is 450 g/mol. The highest BCUT2D eigenvalue weighted by Gasteiger charge is 2.17. The van der Waals surface area contributed by atoms with Crippen molar-refractivity contribution in [1.82, 2.24) is 30.3 Å². The summed E-state index contributed by atoms with van der Waals surface area (Å²) >= 11 is 0. The van der Waals surface area contributed by atoms with Crippen LogP contribution < -0.4 is 19.7 Å². The number of rotatable bonds is 8. The van der Waals surface area contributed by atoms with E-state index >= 15 is 0 Å². The van der Waals surface area contributed by atoms with Gasteiger partial charge in [0.15, 0.2) is 23.9 Å². The fourth-order valence-electron chi connectivity index (χ4n) is 3.48. The van der Waals surface area contributed by atoms with Crippen molar-refractivity contribution in [2.24, 2.45) is 7.05 Å². The molecule has 0 radical (unpaired) electrons. The van der Waals surface area contributed by atoms with Crippen LogP contribution in [0.3, 0.4) is 0 Å². The second kappa shape index (κ2) is 9.19. The van der Waals surface area contributed by atoms with Crippen LogP contribution in [0, 0.1) is 0 Å². The Bertz CT molecular complexity index is 1280. The molecule has 4 aromatic rings. The van der Waals surface area contributed by atoms with Crippen molar-refractivity contribution in [2.75, 3.05) is 25.7 Å². The van der Waals surface area contributed by atoms with E-state index < -0.39 is 0 Å². The Balaban J connectivity index is 1.55. The molecule has 172 valence electrons. The number of aromatic nitrogens is 5. The third-order valence-electron chi connectivity index (χ3n) is 5.08. The van der Waals surface area contributed by atoms with E-state index in [9.17, 15) is 4.79 Å². The number of aryl methyl sites for hydroxylation is 1. The highest BCUT2D eigenvalue weighted by Crippen LogP contribution is 2.33. The van der Waals surface area contributed by atoms with Gasteiger partial charge >= 0.3 is 0 Å². The summed E-state index contributed by atoms with van der Waals surface area (Å²) in [4.78, 5) is 18.6. The Labute approximate surface area is 191 Å². The van der Waals surface area contributed by atoms with Gasteiger partial charge in [-0.05, 0) is 50.2 Å². The molecule has 0 saturated heterocycles. The van der Waals surface area contributed by atoms with Crippen LogP contribution in [0.25, 0.3) is 22.3 Å². The van der Waals surface area contributed by atoms with Crippen LogP contribution in [-0.2, 0) is 11.8 Å². The quantitative estimate of drug-likeness (QED) is 0.425. The highest BCUT2D eigenvalue weighted by atomic mass is 16.5. The fraction of sp³-hybridized carbons (Fsp3) is 0.304. The molecule has 0 unspecified atom stereocenters. The van der Waals surface area contributed by atoms with Gasteiger partial charge in [0.1, 0.15) is 0 Å². The van der Waals surface area contributed by atoms with Crippen LogP contribution in [0.5, 0.6) is 11.5 Å². The maximum atomic E-state index is 11.9. The number of amides is 1. The summed E-state index contributed by atoms with van der Waals surface area (Å²) in [6, 6.07) is 11.5. The van der Waals surface area contributed by atoms with Crippen LogP contribution in [0.1, 0.15) is 13.8 Å². The normalized spacial score (nSPS) is 11.1. The lowest BCUT2D eigenvalue weighted by atomic mass is 10.2. The monoisotopic (exact) mass is 449 g/mol. The van der Waals surface area contributed by atoms with Gasteiger partial charge in [-0.2, -0.15) is 10.1 Å². The standard InChI is InChI=1S/C23H27N7O3/c1-14(2)25-21(31)13-33-19-9-6-15(11-20(19)32-5)22-26-23(30(4)28-22)29(3)17-7-8-18-16(10-17)12-24-27-18/h6-12,14H,13H2,1-5H3,(H,24,27)(H,25,31). The molecule has 2 aromatic heterocycles. The Morgan fingerprint density at radius 2 is 2.03 bits per heavy atom. The second-order valence-electron chi connectivity index (χ2n) is 7.94. The van der Waals surface area contributed by atoms with Gasteiger partial charge in [0.2, 0.25) is 5.95 Å². The minimum absolute atomic E-state index is 0.0505. The minimum atomic E-state index is -0.191. The van der Waals surface area contributed by atoms with Gasteiger partial charge in [0.25, 0.3) is 5.91 Å². The Hall–Kier alpha value is -4.08. The highest BCUT2D eigenvalue weighted by molar-refractivity contribution is 5.83. The molecule has 0 atom stereocenters. The molecule has 0 fully saturated rings. The zero-order chi connectivity index (χ0) is 23.5. The van der Waals surface area contributed by atoms with E-state index in [1.54, 1.807) is 30.1 Å². The van der Waals surface area contributed by atoms with Crippen molar-refractivity contribution in [2.45, 2.75) is 19.9 Å². The van der Waals surface area contributed by atoms with Crippen molar-refractivity contribution in [3.05, 3.63) is 42.6 Å². The Kier molecular flexibility index (Phi) is 6.16. The first-order valence-electron chi connectivity index (χ1n) is 10.5. The molecule has 2 N–H and O–H groups in total. The maximum absolute atomic E-state index is 11.9. The van der Waals surface area contributed by atoms with Crippen LogP contribution >= 0.6 is 0 Å². The molecule has 0 spiro atoms. The number of anilines is 2. The Morgan fingerprint density at radius 3 is 2.79 bits per heavy atom. The van der Waals surface area contributed by atoms with E-state index in [2.05, 4.69) is 20.6 Å². The van der Waals surface area contributed by atoms with E-state index in [-0.39, 0.29) is 18.6 Å². The smallest absolute Gasteiger partial charge is 0.258 e. The minimum Gasteiger partial charge on any atom is -0.493 e. The number of hydrogen-bond donors (Lipinski definition) is 2. The van der Waals surface area contributed by atoms with Crippen LogP contribution in [0.4, 0.5) is 11.6 Å². The van der Waals surface area contributed by atoms with Gasteiger partial charge in [-0.3, -0.25) is 9.89 Å². The molecule has 1 amide bonds. The lowest BCUT2D eigenvalue weighted by molar-refractivity contribution is -0.123. The molecule has 10 heteroatoms. The summed E-state index contributed by atoms with van der Waals surface area (Å²) < 4.78 is 12.8. The number of fused-ring (bicyclic) bond motifs is 1. The second-order valence-corrected chi connectivity index (χ2v) is 7.94. The van der Waals surface area contributed by atoms with Crippen molar-refractivity contribution >= 4 is 28.4 Å². The van der Waals surface area contributed by atoms with Crippen molar-refractivity contribution in [1.29, 1.82) is 0 Å². The number of aromatic amines is 1. The first-order valence-corrected chi connectivity index (χ1v) is 10.5. The van der Waals surface area contributed by atoms with Gasteiger partial charge < -0.3 is 19.7 Å². The number of carbonyl (C=O) groups excluding carboxylic acids is 1. The fourth-order valence-corrected chi connectivity index (χ4v) is 3.48. The topological polar surface area (TPSA) is 110 Å². The van der Waals surface area contributed by atoms with Crippen LogP contribution in [0.2, 0.25) is 0 Å². The predicted molar refractivity (Wildman–Crippen MR) is 126 cm³/mol. The Morgan fingerprint density at radius 1 is 1.21 bits per heavy atom. The molecule has 0 aliphatic heterocycles. The van der Waals surface area contributed by atoms with E-state index in [1.807, 2.05) is 57.1 Å². The third-order valence-corrected chi connectivity index (χ3v) is 5.08. The first kappa shape index (κ1) is 22.1. The summed E-state index contributed by atoms with van der Waals surface area (Å²) in [5, 5.41) is 15.4. The van der Waals surface area contributed by atoms with E-state index in [0.29, 0.717) is 23.3 Å². The zero-order valence-corrected chi connectivity index (χ0v) is 19.3. The van der Waals surface area contributed by atoms with Crippen molar-refractivity contribution in [3.8, 4) is 22.9 Å². The van der Waals surface area contributed by atoms with Crippen molar-refractivity contribution < 1.29 is 14.3 Å². The molecule has 0 aliphatic rings. The number of hydrogen-bond acceptors (Lipinski definition) is 7. The summed E-state index contributed by atoms with van der Waals surface area (Å²) in [6.45, 7) is 3.70. The molecule has 0 saturated carbocycles. The zero-order valence-electron chi connectivity index (χ0n) is 19.3. The predicted octanol–water partition coefficient (Wildman–Crippen LogP) is 3.04. The largest absolute Gasteiger partial charge is 0.493 e. The summed E-state index contributed by atoms with van der Waals surface area (Å²) in [6.07, 6.45) is 1.79. The number of benzene rings is 2. The lowest BCUT2D eigenvalue weighted by Gasteiger charge is -2.17. The molecule has 0 bridgehead atoms. The van der Waals surface area contributed by atoms with Gasteiger partial charge in [0.05, 0.1) is 18.8 Å². The molecule has 4 rings (SSSR count). The molecular formula is C23H27N7O3. The molecule has 2 aromatic carbocycles. The van der Waals surface area contributed by atoms with E-state index in [4.69, 9.17) is 14.5 Å². The average Bonchev–Trinajstić information content (AvgIpc) is 3.42. The SMILES string of the molecule is COc1cc(-c2nc(N(C)c3ccc4[nH]ncc4c3)n(C)n2)ccc1OCC(=O)NC(C)C. The maximum Gasteiger partial charge on any atom is 0.258 e. The summed E-state index contributed by atoms with van der Waals surface area (Å²) in [5.41, 5.74) is 2.71. The summed E-state index contributed by atoms with van der Waals surface area (Å²) in [7, 11) is 5.34. The molecule has 0 aliphatic carbocycles. The molecule has 33 heavy (non-hydrogen) atoms. The first-order chi connectivity index (χ1) is 15.9. The number of ether oxygens (including phenoxy) is 2.